The number of Topliss-reactive ketones (excluding diaryl/α,β-unsaturated/α-hetero) is 3. The first-order valence-corrected chi connectivity index (χ1v) is 12.0. The van der Waals surface area contributed by atoms with Crippen LogP contribution in [-0.4, -0.2) is 38.3 Å². The van der Waals surface area contributed by atoms with Crippen molar-refractivity contribution in [2.75, 3.05) is 0 Å². The maximum absolute atomic E-state index is 13.7. The van der Waals surface area contributed by atoms with Crippen molar-refractivity contribution in [3.8, 4) is 5.75 Å². The van der Waals surface area contributed by atoms with Crippen LogP contribution in [0.15, 0.2) is 59.2 Å². The molecule has 3 atom stereocenters. The second kappa shape index (κ2) is 8.31. The Kier molecular flexibility index (Phi) is 5.52. The number of benzene rings is 2. The normalized spacial score (nSPS) is 25.8. The fourth-order valence-electron chi connectivity index (χ4n) is 6.15. The SMILES string of the molecule is CCC(=O)C1=C(C)CC2CC3Cc4c(Cc5ccccc5)ccc(O)c4C(O)=C3C(=O)C2(O)C1=O. The molecule has 6 heteroatoms. The molecule has 0 bridgehead atoms. The van der Waals surface area contributed by atoms with Crippen molar-refractivity contribution in [3.05, 3.63) is 81.4 Å². The summed E-state index contributed by atoms with van der Waals surface area (Å²) in [4.78, 5) is 39.5. The first kappa shape index (κ1) is 23.2. The van der Waals surface area contributed by atoms with Gasteiger partial charge < -0.3 is 15.3 Å². The van der Waals surface area contributed by atoms with Gasteiger partial charge in [-0.05, 0) is 61.3 Å². The highest BCUT2D eigenvalue weighted by Crippen LogP contribution is 2.52. The second-order valence-corrected chi connectivity index (χ2v) is 9.92. The molecule has 6 nitrogen and oxygen atoms in total. The van der Waals surface area contributed by atoms with Crippen LogP contribution < -0.4 is 0 Å². The zero-order valence-corrected chi connectivity index (χ0v) is 19.8. The van der Waals surface area contributed by atoms with E-state index in [9.17, 15) is 29.7 Å². The molecule has 0 aromatic heterocycles. The van der Waals surface area contributed by atoms with E-state index in [0.29, 0.717) is 24.8 Å². The lowest BCUT2D eigenvalue weighted by atomic mass is 9.57. The van der Waals surface area contributed by atoms with E-state index in [1.807, 2.05) is 36.4 Å². The Morgan fingerprint density at radius 1 is 1.03 bits per heavy atom. The monoisotopic (exact) mass is 472 g/mol. The summed E-state index contributed by atoms with van der Waals surface area (Å²) in [6, 6.07) is 13.2. The third-order valence-electron chi connectivity index (χ3n) is 7.88. The van der Waals surface area contributed by atoms with Gasteiger partial charge in [-0.25, -0.2) is 0 Å². The quantitative estimate of drug-likeness (QED) is 0.458. The number of phenolic OH excluding ortho intramolecular Hbond substituents is 1. The number of ketones is 3. The number of aliphatic hydroxyl groups excluding tert-OH is 1. The molecule has 0 radical (unpaired) electrons. The molecule has 3 unspecified atom stereocenters. The second-order valence-electron chi connectivity index (χ2n) is 9.92. The van der Waals surface area contributed by atoms with Crippen molar-refractivity contribution in [1.82, 2.24) is 0 Å². The maximum atomic E-state index is 13.7. The van der Waals surface area contributed by atoms with Gasteiger partial charge in [0.15, 0.2) is 11.4 Å². The average molecular weight is 473 g/mol. The number of fused-ring (bicyclic) bond motifs is 3. The molecule has 3 aliphatic carbocycles. The van der Waals surface area contributed by atoms with Gasteiger partial charge in [0.05, 0.1) is 11.1 Å². The summed E-state index contributed by atoms with van der Waals surface area (Å²) in [5.41, 5.74) is 1.06. The minimum atomic E-state index is -2.38. The topological polar surface area (TPSA) is 112 Å². The number of hydrogen-bond donors (Lipinski definition) is 3. The predicted molar refractivity (Wildman–Crippen MR) is 130 cm³/mol. The molecule has 0 aliphatic heterocycles. The first-order valence-electron chi connectivity index (χ1n) is 12.0. The van der Waals surface area contributed by atoms with Crippen molar-refractivity contribution in [3.63, 3.8) is 0 Å². The van der Waals surface area contributed by atoms with E-state index < -0.39 is 34.8 Å². The number of allylic oxidation sites excluding steroid dienone is 1. The molecule has 0 heterocycles. The van der Waals surface area contributed by atoms with Crippen molar-refractivity contribution in [2.45, 2.75) is 51.6 Å². The van der Waals surface area contributed by atoms with Crippen molar-refractivity contribution in [2.24, 2.45) is 11.8 Å². The summed E-state index contributed by atoms with van der Waals surface area (Å²) in [7, 11) is 0. The third kappa shape index (κ3) is 3.39. The van der Waals surface area contributed by atoms with Gasteiger partial charge in [-0.2, -0.15) is 0 Å². The van der Waals surface area contributed by atoms with Crippen LogP contribution in [0.3, 0.4) is 0 Å². The maximum Gasteiger partial charge on any atom is 0.206 e. The highest BCUT2D eigenvalue weighted by atomic mass is 16.3. The molecule has 1 fully saturated rings. The third-order valence-corrected chi connectivity index (χ3v) is 7.88. The van der Waals surface area contributed by atoms with Crippen molar-refractivity contribution < 1.29 is 29.7 Å². The zero-order valence-electron chi connectivity index (χ0n) is 19.8. The van der Waals surface area contributed by atoms with Gasteiger partial charge in [-0.15, -0.1) is 0 Å². The number of rotatable bonds is 4. The number of aromatic hydroxyl groups is 1. The molecule has 180 valence electrons. The van der Waals surface area contributed by atoms with Gasteiger partial charge in [0.25, 0.3) is 0 Å². The zero-order chi connectivity index (χ0) is 25.1. The van der Waals surface area contributed by atoms with Crippen LogP contribution >= 0.6 is 0 Å². The fourth-order valence-corrected chi connectivity index (χ4v) is 6.15. The van der Waals surface area contributed by atoms with E-state index >= 15 is 0 Å². The van der Waals surface area contributed by atoms with E-state index in [1.54, 1.807) is 13.8 Å². The summed E-state index contributed by atoms with van der Waals surface area (Å²) in [6.07, 6.45) is 1.68. The van der Waals surface area contributed by atoms with Gasteiger partial charge in [-0.3, -0.25) is 14.4 Å². The summed E-state index contributed by atoms with van der Waals surface area (Å²) in [6.45, 7) is 3.34. The fraction of sp³-hybridized carbons (Fsp3) is 0.345. The van der Waals surface area contributed by atoms with Crippen LogP contribution in [0.5, 0.6) is 5.75 Å². The number of carbonyl (C=O) groups is 3. The molecule has 0 amide bonds. The summed E-state index contributed by atoms with van der Waals surface area (Å²) < 4.78 is 0. The smallest absolute Gasteiger partial charge is 0.206 e. The average Bonchev–Trinajstić information content (AvgIpc) is 2.83. The van der Waals surface area contributed by atoms with Gasteiger partial charge in [-0.1, -0.05) is 48.9 Å². The lowest BCUT2D eigenvalue weighted by Crippen LogP contribution is -2.61. The first-order chi connectivity index (χ1) is 16.7. The molecule has 2 aromatic rings. The van der Waals surface area contributed by atoms with Crippen molar-refractivity contribution >= 4 is 23.1 Å². The van der Waals surface area contributed by atoms with Gasteiger partial charge in [0.2, 0.25) is 11.6 Å². The standard InChI is InChI=1S/C29H28O6/c1-3-21(30)23-15(2)11-19-13-18-14-20-17(12-16-7-5-4-6-8-16)9-10-22(31)25(20)26(32)24(18)28(34)29(19,35)27(23)33/h4-10,18-19,31-32,35H,3,11-14H2,1-2H3. The molecular weight excluding hydrogens is 444 g/mol. The van der Waals surface area contributed by atoms with Crippen LogP contribution in [0.2, 0.25) is 0 Å². The molecule has 1 saturated carbocycles. The van der Waals surface area contributed by atoms with Gasteiger partial charge in [0, 0.05) is 17.9 Å². The highest BCUT2D eigenvalue weighted by Gasteiger charge is 2.60. The van der Waals surface area contributed by atoms with Gasteiger partial charge >= 0.3 is 0 Å². The molecular formula is C29H28O6. The molecule has 5 rings (SSSR count). The Labute approximate surface area is 203 Å². The summed E-state index contributed by atoms with van der Waals surface area (Å²) in [5.74, 6) is -3.74. The van der Waals surface area contributed by atoms with E-state index in [0.717, 1.165) is 16.7 Å². The van der Waals surface area contributed by atoms with Crippen LogP contribution in [0.4, 0.5) is 0 Å². The van der Waals surface area contributed by atoms with Gasteiger partial charge in [0.1, 0.15) is 11.5 Å². The number of aliphatic hydroxyl groups is 2. The molecule has 3 N–H and O–H groups in total. The van der Waals surface area contributed by atoms with E-state index in [1.165, 1.54) is 6.07 Å². The van der Waals surface area contributed by atoms with E-state index in [2.05, 4.69) is 0 Å². The minimum absolute atomic E-state index is 0.0281. The van der Waals surface area contributed by atoms with Crippen LogP contribution in [0.1, 0.15) is 55.4 Å². The molecule has 3 aliphatic rings. The molecule has 0 saturated heterocycles. The minimum Gasteiger partial charge on any atom is -0.507 e. The lowest BCUT2D eigenvalue weighted by Gasteiger charge is -2.46. The number of carbonyl (C=O) groups excluding carboxylic acids is 3. The Balaban J connectivity index is 1.62. The molecule has 35 heavy (non-hydrogen) atoms. The molecule has 2 aromatic carbocycles. The largest absolute Gasteiger partial charge is 0.507 e. The summed E-state index contributed by atoms with van der Waals surface area (Å²) >= 11 is 0. The Morgan fingerprint density at radius 3 is 2.43 bits per heavy atom. The van der Waals surface area contributed by atoms with E-state index in [-0.39, 0.29) is 41.1 Å². The number of phenols is 1. The van der Waals surface area contributed by atoms with Crippen LogP contribution in [0, 0.1) is 11.8 Å². The van der Waals surface area contributed by atoms with Crippen molar-refractivity contribution in [1.29, 1.82) is 0 Å². The van der Waals surface area contributed by atoms with E-state index in [4.69, 9.17) is 0 Å². The Morgan fingerprint density at radius 2 is 1.74 bits per heavy atom. The molecule has 0 spiro atoms. The summed E-state index contributed by atoms with van der Waals surface area (Å²) in [5, 5.41) is 33.4. The van der Waals surface area contributed by atoms with Crippen LogP contribution in [-0.2, 0) is 27.2 Å². The highest BCUT2D eigenvalue weighted by molar-refractivity contribution is 6.33. The lowest BCUT2D eigenvalue weighted by molar-refractivity contribution is -0.157. The Hall–Kier alpha value is -3.51. The predicted octanol–water partition coefficient (Wildman–Crippen LogP) is 4.01. The van der Waals surface area contributed by atoms with Crippen LogP contribution in [0.25, 0.3) is 5.76 Å². The number of hydrogen-bond acceptors (Lipinski definition) is 6. The Bertz CT molecular complexity index is 1330.